The van der Waals surface area contributed by atoms with Gasteiger partial charge in [0.25, 0.3) is 5.78 Å². The van der Waals surface area contributed by atoms with Gasteiger partial charge in [-0.3, -0.25) is 0 Å². The predicted octanol–water partition coefficient (Wildman–Crippen LogP) is 2.07. The molecule has 2 amide bonds. The van der Waals surface area contributed by atoms with Crippen LogP contribution in [0.25, 0.3) is 5.78 Å². The summed E-state index contributed by atoms with van der Waals surface area (Å²) in [5, 5.41) is 9.80. The van der Waals surface area contributed by atoms with Crippen LogP contribution < -0.4 is 15.4 Å². The number of fused-ring (bicyclic) bond motifs is 1. The molecule has 2 heterocycles. The second kappa shape index (κ2) is 6.53. The number of carbonyl (C=O) groups is 1. The van der Waals surface area contributed by atoms with E-state index < -0.39 is 0 Å². The molecule has 0 radical (unpaired) electrons. The highest BCUT2D eigenvalue weighted by atomic mass is 16.5. The molecule has 2 aromatic heterocycles. The van der Waals surface area contributed by atoms with E-state index in [-0.39, 0.29) is 12.6 Å². The van der Waals surface area contributed by atoms with Crippen molar-refractivity contribution in [1.82, 2.24) is 24.9 Å². The van der Waals surface area contributed by atoms with Crippen LogP contribution in [0.5, 0.6) is 5.75 Å². The fourth-order valence-corrected chi connectivity index (χ4v) is 2.36. The van der Waals surface area contributed by atoms with Gasteiger partial charge >= 0.3 is 6.03 Å². The molecule has 0 saturated carbocycles. The molecule has 3 aromatic rings. The lowest BCUT2D eigenvalue weighted by molar-refractivity contribution is 0.251. The van der Waals surface area contributed by atoms with Gasteiger partial charge in [0.05, 0.1) is 19.3 Å². The number of rotatable bonds is 4. The maximum Gasteiger partial charge on any atom is 0.319 e. The minimum absolute atomic E-state index is 0.197. The number of aryl methyl sites for hydroxylation is 2. The molecular weight excluding hydrogens is 308 g/mol. The zero-order valence-corrected chi connectivity index (χ0v) is 13.7. The number of anilines is 1. The van der Waals surface area contributed by atoms with Gasteiger partial charge in [-0.25, -0.2) is 14.3 Å². The van der Waals surface area contributed by atoms with E-state index in [1.807, 2.05) is 32.0 Å². The van der Waals surface area contributed by atoms with Gasteiger partial charge in [0.1, 0.15) is 5.75 Å². The average molecular weight is 326 g/mol. The summed E-state index contributed by atoms with van der Waals surface area (Å²) >= 11 is 0. The van der Waals surface area contributed by atoms with Crippen LogP contribution >= 0.6 is 0 Å². The number of benzene rings is 1. The Morgan fingerprint density at radius 1 is 1.25 bits per heavy atom. The Morgan fingerprint density at radius 2 is 2.04 bits per heavy atom. The smallest absolute Gasteiger partial charge is 0.319 e. The number of nitrogens with zero attached hydrogens (tertiary/aromatic N) is 4. The molecule has 8 nitrogen and oxygen atoms in total. The Labute approximate surface area is 138 Å². The number of amides is 2. The third-order valence-electron chi connectivity index (χ3n) is 3.42. The van der Waals surface area contributed by atoms with Crippen LogP contribution in [0.3, 0.4) is 0 Å². The normalized spacial score (nSPS) is 10.6. The van der Waals surface area contributed by atoms with Crippen molar-refractivity contribution in [2.24, 2.45) is 0 Å². The Kier molecular flexibility index (Phi) is 4.28. The van der Waals surface area contributed by atoms with E-state index in [0.29, 0.717) is 23.0 Å². The second-order valence-corrected chi connectivity index (χ2v) is 5.29. The molecule has 0 bridgehead atoms. The molecule has 0 aliphatic rings. The first-order chi connectivity index (χ1) is 11.6. The molecular formula is C16H18N6O2. The van der Waals surface area contributed by atoms with Crippen molar-refractivity contribution in [2.45, 2.75) is 20.4 Å². The lowest BCUT2D eigenvalue weighted by atomic mass is 10.3. The van der Waals surface area contributed by atoms with Crippen LogP contribution in [0, 0.1) is 13.8 Å². The van der Waals surface area contributed by atoms with Crippen molar-refractivity contribution < 1.29 is 9.53 Å². The van der Waals surface area contributed by atoms with Crippen LogP contribution in [-0.2, 0) is 6.54 Å². The number of ether oxygens (including phenoxy) is 1. The summed E-state index contributed by atoms with van der Waals surface area (Å²) in [4.78, 5) is 20.7. The third-order valence-corrected chi connectivity index (χ3v) is 3.42. The molecule has 0 fully saturated rings. The van der Waals surface area contributed by atoms with Gasteiger partial charge in [-0.15, -0.1) is 5.10 Å². The molecule has 2 N–H and O–H groups in total. The molecule has 0 saturated heterocycles. The van der Waals surface area contributed by atoms with Gasteiger partial charge in [0.15, 0.2) is 5.82 Å². The van der Waals surface area contributed by atoms with Crippen LogP contribution in [0.1, 0.15) is 17.2 Å². The van der Waals surface area contributed by atoms with E-state index >= 15 is 0 Å². The topological polar surface area (TPSA) is 93.4 Å². The van der Waals surface area contributed by atoms with Crippen molar-refractivity contribution in [3.05, 3.63) is 47.5 Å². The van der Waals surface area contributed by atoms with Crippen molar-refractivity contribution in [3.8, 4) is 5.75 Å². The number of hydrogen-bond donors (Lipinski definition) is 2. The summed E-state index contributed by atoms with van der Waals surface area (Å²) in [5.41, 5.74) is 2.41. The Morgan fingerprint density at radius 3 is 2.83 bits per heavy atom. The largest absolute Gasteiger partial charge is 0.495 e. The van der Waals surface area contributed by atoms with Crippen LogP contribution in [0.2, 0.25) is 0 Å². The van der Waals surface area contributed by atoms with Gasteiger partial charge in [0, 0.05) is 11.4 Å². The third kappa shape index (κ3) is 3.27. The van der Waals surface area contributed by atoms with Gasteiger partial charge in [-0.2, -0.15) is 4.98 Å². The van der Waals surface area contributed by atoms with E-state index in [1.165, 1.54) is 0 Å². The molecule has 0 spiro atoms. The number of nitrogens with one attached hydrogen (secondary N) is 2. The quantitative estimate of drug-likeness (QED) is 0.765. The summed E-state index contributed by atoms with van der Waals surface area (Å²) in [7, 11) is 1.55. The number of methoxy groups -OCH3 is 1. The molecule has 8 heteroatoms. The number of para-hydroxylation sites is 2. The summed E-state index contributed by atoms with van der Waals surface area (Å²) < 4.78 is 6.85. The van der Waals surface area contributed by atoms with Gasteiger partial charge in [-0.05, 0) is 32.0 Å². The van der Waals surface area contributed by atoms with E-state index in [4.69, 9.17) is 4.74 Å². The fourth-order valence-electron chi connectivity index (χ4n) is 2.36. The maximum atomic E-state index is 12.0. The number of aromatic nitrogens is 4. The van der Waals surface area contributed by atoms with Crippen molar-refractivity contribution in [3.63, 3.8) is 0 Å². The second-order valence-electron chi connectivity index (χ2n) is 5.29. The zero-order valence-electron chi connectivity index (χ0n) is 13.7. The lowest BCUT2D eigenvalue weighted by Crippen LogP contribution is -2.28. The van der Waals surface area contributed by atoms with Gasteiger partial charge < -0.3 is 15.4 Å². The predicted molar refractivity (Wildman–Crippen MR) is 89.1 cm³/mol. The highest BCUT2D eigenvalue weighted by Gasteiger charge is 2.10. The molecule has 0 unspecified atom stereocenters. The Bertz CT molecular complexity index is 889. The molecule has 0 atom stereocenters. The highest BCUT2D eigenvalue weighted by molar-refractivity contribution is 5.90. The molecule has 0 aliphatic carbocycles. The summed E-state index contributed by atoms with van der Waals surface area (Å²) in [6.45, 7) is 4.03. The van der Waals surface area contributed by atoms with E-state index in [2.05, 4.69) is 25.7 Å². The molecule has 0 aliphatic heterocycles. The average Bonchev–Trinajstić information content (AvgIpc) is 2.97. The molecule has 24 heavy (non-hydrogen) atoms. The highest BCUT2D eigenvalue weighted by Crippen LogP contribution is 2.22. The van der Waals surface area contributed by atoms with Gasteiger partial charge in [-0.1, -0.05) is 12.1 Å². The fraction of sp³-hybridized carbons (Fsp3) is 0.250. The Balaban J connectivity index is 1.67. The van der Waals surface area contributed by atoms with Crippen molar-refractivity contribution in [2.75, 3.05) is 12.4 Å². The Hall–Kier alpha value is -3.16. The number of urea groups is 1. The number of carbonyl (C=O) groups excluding carboxylic acids is 1. The van der Waals surface area contributed by atoms with Crippen molar-refractivity contribution in [1.29, 1.82) is 0 Å². The molecule has 1 aromatic carbocycles. The first-order valence-electron chi connectivity index (χ1n) is 7.44. The summed E-state index contributed by atoms with van der Waals surface area (Å²) in [6, 6.07) is 8.75. The molecule has 3 rings (SSSR count). The van der Waals surface area contributed by atoms with E-state index in [1.54, 1.807) is 23.8 Å². The van der Waals surface area contributed by atoms with Crippen LogP contribution in [-0.4, -0.2) is 32.7 Å². The SMILES string of the molecule is COc1ccccc1NC(=O)NCc1nc2nc(C)cc(C)n2n1. The monoisotopic (exact) mass is 326 g/mol. The van der Waals surface area contributed by atoms with Crippen LogP contribution in [0.4, 0.5) is 10.5 Å². The standard InChI is InChI=1S/C16H18N6O2/c1-10-8-11(2)22-15(18-10)20-14(21-22)9-17-16(23)19-12-6-4-5-7-13(12)24-3/h4-8H,9H2,1-3H3,(H2,17,19,23). The first kappa shape index (κ1) is 15.7. The lowest BCUT2D eigenvalue weighted by Gasteiger charge is -2.09. The van der Waals surface area contributed by atoms with Gasteiger partial charge in [0.2, 0.25) is 0 Å². The maximum absolute atomic E-state index is 12.0. The van der Waals surface area contributed by atoms with E-state index in [0.717, 1.165) is 11.4 Å². The van der Waals surface area contributed by atoms with Crippen LogP contribution in [0.15, 0.2) is 30.3 Å². The minimum atomic E-state index is -0.362. The summed E-state index contributed by atoms with van der Waals surface area (Å²) in [6.07, 6.45) is 0. The molecule has 124 valence electrons. The first-order valence-corrected chi connectivity index (χ1v) is 7.44. The van der Waals surface area contributed by atoms with Crippen molar-refractivity contribution >= 4 is 17.5 Å². The number of hydrogen-bond acceptors (Lipinski definition) is 5. The zero-order chi connectivity index (χ0) is 17.1. The van der Waals surface area contributed by atoms with E-state index in [9.17, 15) is 4.79 Å². The minimum Gasteiger partial charge on any atom is -0.495 e. The summed E-state index contributed by atoms with van der Waals surface area (Å²) in [5.74, 6) is 1.61.